The van der Waals surface area contributed by atoms with Crippen molar-refractivity contribution in [3.05, 3.63) is 24.5 Å². The summed E-state index contributed by atoms with van der Waals surface area (Å²) in [7, 11) is 0. The molecule has 0 aromatic heterocycles. The van der Waals surface area contributed by atoms with Crippen molar-refractivity contribution in [3.8, 4) is 6.07 Å². The summed E-state index contributed by atoms with van der Waals surface area (Å²) >= 11 is 0. The highest BCUT2D eigenvalue weighted by molar-refractivity contribution is 5.13. The monoisotopic (exact) mass is 109 g/mol. The van der Waals surface area contributed by atoms with E-state index in [-0.39, 0.29) is 5.76 Å². The Morgan fingerprint density at radius 2 is 2.38 bits per heavy atom. The molecule has 3 heteroatoms. The Bertz CT molecular complexity index is 175. The van der Waals surface area contributed by atoms with E-state index in [0.717, 1.165) is 0 Å². The Morgan fingerprint density at radius 1 is 1.50 bits per heavy atom. The van der Waals surface area contributed by atoms with E-state index in [1.54, 1.807) is 6.07 Å². The van der Waals surface area contributed by atoms with Gasteiger partial charge in [0, 0.05) is 0 Å². The lowest BCUT2D eigenvalue weighted by Crippen LogP contribution is -1.86. The van der Waals surface area contributed by atoms with Crippen LogP contribution in [-0.2, 0) is 9.47 Å². The normalized spacial score (nSPS) is 15.1. The lowest BCUT2D eigenvalue weighted by atomic mass is 10.6. The second-order valence-electron chi connectivity index (χ2n) is 1.12. The summed E-state index contributed by atoms with van der Waals surface area (Å²) in [5.41, 5.74) is 0. The van der Waals surface area contributed by atoms with E-state index in [2.05, 4.69) is 9.47 Å². The summed E-state index contributed by atoms with van der Waals surface area (Å²) in [6.07, 6.45) is 3.89. The molecule has 0 unspecified atom stereocenters. The van der Waals surface area contributed by atoms with Gasteiger partial charge < -0.3 is 9.47 Å². The van der Waals surface area contributed by atoms with Crippen molar-refractivity contribution in [2.24, 2.45) is 0 Å². The van der Waals surface area contributed by atoms with Crippen molar-refractivity contribution in [1.29, 1.82) is 5.26 Å². The predicted octanol–water partition coefficient (Wildman–Crippen LogP) is 0.869. The average molecular weight is 109 g/mol. The molecular formula is C5H3NO2. The minimum Gasteiger partial charge on any atom is -0.465 e. The number of rotatable bonds is 0. The first-order chi connectivity index (χ1) is 3.93. The van der Waals surface area contributed by atoms with Gasteiger partial charge in [0.05, 0.1) is 0 Å². The molecule has 0 atom stereocenters. The number of allylic oxidation sites excluding steroid dienone is 1. The number of nitriles is 1. The minimum absolute atomic E-state index is 0.174. The van der Waals surface area contributed by atoms with Crippen LogP contribution in [0.2, 0.25) is 0 Å². The molecule has 1 aliphatic heterocycles. The SMILES string of the molecule is N#CC1=COC=CO1. The van der Waals surface area contributed by atoms with Gasteiger partial charge in [-0.1, -0.05) is 0 Å². The maximum absolute atomic E-state index is 8.13. The Hall–Kier alpha value is -1.43. The van der Waals surface area contributed by atoms with Gasteiger partial charge in [0.15, 0.2) is 0 Å². The molecule has 0 bridgehead atoms. The molecule has 3 nitrogen and oxygen atoms in total. The van der Waals surface area contributed by atoms with Gasteiger partial charge in [0.25, 0.3) is 0 Å². The molecule has 40 valence electrons. The van der Waals surface area contributed by atoms with Crippen LogP contribution in [0.4, 0.5) is 0 Å². The lowest BCUT2D eigenvalue weighted by molar-refractivity contribution is 0.271. The number of ether oxygens (including phenoxy) is 2. The molecule has 0 amide bonds. The fourth-order valence-corrected chi connectivity index (χ4v) is 0.315. The first-order valence-corrected chi connectivity index (χ1v) is 2.01. The molecule has 0 spiro atoms. The quantitative estimate of drug-likeness (QED) is 0.463. The maximum atomic E-state index is 8.13. The van der Waals surface area contributed by atoms with E-state index in [1.807, 2.05) is 0 Å². The molecule has 0 aliphatic carbocycles. The van der Waals surface area contributed by atoms with Crippen LogP contribution in [0.5, 0.6) is 0 Å². The molecule has 0 radical (unpaired) electrons. The summed E-state index contributed by atoms with van der Waals surface area (Å²) in [6, 6.07) is 1.77. The van der Waals surface area contributed by atoms with Gasteiger partial charge >= 0.3 is 0 Å². The maximum Gasteiger partial charge on any atom is 0.238 e. The summed E-state index contributed by atoms with van der Waals surface area (Å²) < 4.78 is 9.20. The smallest absolute Gasteiger partial charge is 0.238 e. The third kappa shape index (κ3) is 0.793. The van der Waals surface area contributed by atoms with Crippen LogP contribution < -0.4 is 0 Å². The van der Waals surface area contributed by atoms with E-state index >= 15 is 0 Å². The highest BCUT2D eigenvalue weighted by Crippen LogP contribution is 2.01. The number of hydrogen-bond acceptors (Lipinski definition) is 3. The molecular weight excluding hydrogens is 106 g/mol. The second kappa shape index (κ2) is 2.03. The van der Waals surface area contributed by atoms with Gasteiger partial charge in [-0.25, -0.2) is 0 Å². The van der Waals surface area contributed by atoms with Crippen LogP contribution in [0.3, 0.4) is 0 Å². The summed E-state index contributed by atoms with van der Waals surface area (Å²) in [6.45, 7) is 0. The average Bonchev–Trinajstić information content (AvgIpc) is 1.90. The number of nitrogens with zero attached hydrogens (tertiary/aromatic N) is 1. The van der Waals surface area contributed by atoms with Crippen molar-refractivity contribution in [3.63, 3.8) is 0 Å². The van der Waals surface area contributed by atoms with Crippen LogP contribution in [0, 0.1) is 11.3 Å². The van der Waals surface area contributed by atoms with Crippen molar-refractivity contribution < 1.29 is 9.47 Å². The molecule has 1 heterocycles. The van der Waals surface area contributed by atoms with Crippen molar-refractivity contribution in [2.45, 2.75) is 0 Å². The second-order valence-corrected chi connectivity index (χ2v) is 1.12. The largest absolute Gasteiger partial charge is 0.465 e. The van der Waals surface area contributed by atoms with Crippen molar-refractivity contribution in [1.82, 2.24) is 0 Å². The molecule has 0 N–H and O–H groups in total. The van der Waals surface area contributed by atoms with Crippen LogP contribution in [0.15, 0.2) is 24.5 Å². The molecule has 0 fully saturated rings. The zero-order valence-electron chi connectivity index (χ0n) is 4.00. The van der Waals surface area contributed by atoms with Crippen LogP contribution >= 0.6 is 0 Å². The van der Waals surface area contributed by atoms with Crippen LogP contribution in [-0.4, -0.2) is 0 Å². The molecule has 0 saturated heterocycles. The predicted molar refractivity (Wildman–Crippen MR) is 25.0 cm³/mol. The Kier molecular flexibility index (Phi) is 1.20. The highest BCUT2D eigenvalue weighted by atomic mass is 16.5. The van der Waals surface area contributed by atoms with Crippen molar-refractivity contribution >= 4 is 0 Å². The fraction of sp³-hybridized carbons (Fsp3) is 0. The van der Waals surface area contributed by atoms with E-state index in [9.17, 15) is 0 Å². The minimum atomic E-state index is 0.174. The summed E-state index contributed by atoms with van der Waals surface area (Å²) in [5, 5.41) is 8.13. The number of hydrogen-bond donors (Lipinski definition) is 0. The molecule has 1 aliphatic rings. The van der Waals surface area contributed by atoms with Gasteiger partial charge in [0.1, 0.15) is 24.9 Å². The van der Waals surface area contributed by atoms with Gasteiger partial charge in [-0.15, -0.1) is 0 Å². The van der Waals surface area contributed by atoms with Crippen LogP contribution in [0.25, 0.3) is 0 Å². The summed E-state index contributed by atoms with van der Waals surface area (Å²) in [5.74, 6) is 0.174. The van der Waals surface area contributed by atoms with Gasteiger partial charge in [0.2, 0.25) is 5.76 Å². The topological polar surface area (TPSA) is 42.2 Å². The van der Waals surface area contributed by atoms with Gasteiger partial charge in [-0.05, 0) is 0 Å². The molecule has 0 saturated carbocycles. The first kappa shape index (κ1) is 4.72. The third-order valence-corrected chi connectivity index (χ3v) is 0.614. The molecule has 0 aromatic carbocycles. The zero-order chi connectivity index (χ0) is 5.82. The summed E-state index contributed by atoms with van der Waals surface area (Å²) in [4.78, 5) is 0. The third-order valence-electron chi connectivity index (χ3n) is 0.614. The molecule has 8 heavy (non-hydrogen) atoms. The molecule has 0 aromatic rings. The van der Waals surface area contributed by atoms with Gasteiger partial charge in [-0.2, -0.15) is 5.26 Å². The van der Waals surface area contributed by atoms with Crippen molar-refractivity contribution in [2.75, 3.05) is 0 Å². The lowest BCUT2D eigenvalue weighted by Gasteiger charge is -1.99. The standard InChI is InChI=1S/C5H3NO2/c6-3-5-4-7-1-2-8-5/h1-2,4H. The Labute approximate surface area is 46.4 Å². The van der Waals surface area contributed by atoms with E-state index < -0.39 is 0 Å². The van der Waals surface area contributed by atoms with E-state index in [4.69, 9.17) is 5.26 Å². The first-order valence-electron chi connectivity index (χ1n) is 2.01. The molecule has 1 rings (SSSR count). The fourth-order valence-electron chi connectivity index (χ4n) is 0.315. The van der Waals surface area contributed by atoms with E-state index in [0.29, 0.717) is 0 Å². The Balaban J connectivity index is 2.59. The van der Waals surface area contributed by atoms with Gasteiger partial charge in [-0.3, -0.25) is 0 Å². The van der Waals surface area contributed by atoms with E-state index in [1.165, 1.54) is 18.8 Å². The zero-order valence-corrected chi connectivity index (χ0v) is 4.00. The highest BCUT2D eigenvalue weighted by Gasteiger charge is 1.95. The Morgan fingerprint density at radius 3 is 2.75 bits per heavy atom. The van der Waals surface area contributed by atoms with Crippen LogP contribution in [0.1, 0.15) is 0 Å².